The molecule has 4 nitrogen and oxygen atoms in total. The smallest absolute Gasteiger partial charge is 0.193 e. The average molecular weight is 369 g/mol. The van der Waals surface area contributed by atoms with Gasteiger partial charge < -0.3 is 15.0 Å². The van der Waals surface area contributed by atoms with E-state index in [1.807, 2.05) is 30.3 Å². The van der Waals surface area contributed by atoms with Gasteiger partial charge in [-0.05, 0) is 36.1 Å². The normalized spacial score (nSPS) is 17.4. The average Bonchev–Trinajstić information content (AvgIpc) is 3.15. The van der Waals surface area contributed by atoms with E-state index < -0.39 is 0 Å². The lowest BCUT2D eigenvalue weighted by Crippen LogP contribution is -2.39. The van der Waals surface area contributed by atoms with Crippen molar-refractivity contribution in [2.24, 2.45) is 10.9 Å². The van der Waals surface area contributed by atoms with Crippen LogP contribution in [-0.4, -0.2) is 37.6 Å². The number of hydrogen-bond acceptors (Lipinski definition) is 2. The molecule has 1 atom stereocenters. The highest BCUT2D eigenvalue weighted by Crippen LogP contribution is 2.17. The summed E-state index contributed by atoms with van der Waals surface area (Å²) in [5.74, 6) is 1.24. The SMILES string of the molecule is CN=C(NCc1ccc(F)c(C)c1)N1CCC(COCc2ccccc2)C1. The number of rotatable bonds is 6. The van der Waals surface area contributed by atoms with Crippen molar-refractivity contribution in [2.75, 3.05) is 26.7 Å². The van der Waals surface area contributed by atoms with Crippen molar-refractivity contribution in [1.82, 2.24) is 10.2 Å². The van der Waals surface area contributed by atoms with Crippen molar-refractivity contribution in [3.63, 3.8) is 0 Å². The highest BCUT2D eigenvalue weighted by Gasteiger charge is 2.24. The largest absolute Gasteiger partial charge is 0.376 e. The van der Waals surface area contributed by atoms with E-state index in [0.29, 0.717) is 24.6 Å². The van der Waals surface area contributed by atoms with Gasteiger partial charge >= 0.3 is 0 Å². The third-order valence-corrected chi connectivity index (χ3v) is 4.94. The molecule has 2 aromatic rings. The minimum atomic E-state index is -0.166. The molecule has 5 heteroatoms. The third-order valence-electron chi connectivity index (χ3n) is 4.94. The minimum absolute atomic E-state index is 0.166. The molecule has 0 saturated carbocycles. The van der Waals surface area contributed by atoms with Crippen LogP contribution in [0, 0.1) is 18.7 Å². The Balaban J connectivity index is 1.44. The number of nitrogens with zero attached hydrogens (tertiary/aromatic N) is 2. The summed E-state index contributed by atoms with van der Waals surface area (Å²) in [6.45, 7) is 5.76. The molecule has 0 amide bonds. The molecule has 0 aromatic heterocycles. The number of aliphatic imine (C=N–C) groups is 1. The van der Waals surface area contributed by atoms with Gasteiger partial charge in [0.2, 0.25) is 0 Å². The first-order valence-corrected chi connectivity index (χ1v) is 9.48. The lowest BCUT2D eigenvalue weighted by molar-refractivity contribution is 0.0906. The van der Waals surface area contributed by atoms with Crippen molar-refractivity contribution in [3.8, 4) is 0 Å². The molecule has 1 aliphatic rings. The summed E-state index contributed by atoms with van der Waals surface area (Å²) < 4.78 is 19.3. The number of hydrogen-bond donors (Lipinski definition) is 1. The van der Waals surface area contributed by atoms with Crippen LogP contribution in [0.15, 0.2) is 53.5 Å². The number of halogens is 1. The van der Waals surface area contributed by atoms with Crippen LogP contribution in [0.2, 0.25) is 0 Å². The van der Waals surface area contributed by atoms with E-state index in [9.17, 15) is 4.39 Å². The second-order valence-corrected chi connectivity index (χ2v) is 7.09. The van der Waals surface area contributed by atoms with Crippen LogP contribution < -0.4 is 5.32 Å². The molecule has 1 N–H and O–H groups in total. The van der Waals surface area contributed by atoms with E-state index in [4.69, 9.17) is 4.74 Å². The Morgan fingerprint density at radius 1 is 1.22 bits per heavy atom. The maximum atomic E-state index is 13.4. The van der Waals surface area contributed by atoms with Gasteiger partial charge in [-0.1, -0.05) is 42.5 Å². The van der Waals surface area contributed by atoms with Crippen LogP contribution in [0.1, 0.15) is 23.1 Å². The Bertz CT molecular complexity index is 763. The molecular formula is C22H28FN3O. The molecule has 144 valence electrons. The van der Waals surface area contributed by atoms with Crippen molar-refractivity contribution < 1.29 is 9.13 Å². The summed E-state index contributed by atoms with van der Waals surface area (Å²) in [7, 11) is 1.80. The number of benzene rings is 2. The van der Waals surface area contributed by atoms with E-state index in [1.165, 1.54) is 11.6 Å². The lowest BCUT2D eigenvalue weighted by Gasteiger charge is -2.22. The molecule has 27 heavy (non-hydrogen) atoms. The molecule has 0 bridgehead atoms. The van der Waals surface area contributed by atoms with E-state index in [-0.39, 0.29) is 5.82 Å². The zero-order valence-electron chi connectivity index (χ0n) is 16.1. The van der Waals surface area contributed by atoms with Gasteiger partial charge in [0.15, 0.2) is 5.96 Å². The summed E-state index contributed by atoms with van der Waals surface area (Å²) in [5.41, 5.74) is 2.93. The Morgan fingerprint density at radius 2 is 2.04 bits per heavy atom. The Morgan fingerprint density at radius 3 is 2.78 bits per heavy atom. The van der Waals surface area contributed by atoms with Crippen LogP contribution >= 0.6 is 0 Å². The summed E-state index contributed by atoms with van der Waals surface area (Å²) in [4.78, 5) is 6.67. The number of likely N-dealkylation sites (tertiary alicyclic amines) is 1. The highest BCUT2D eigenvalue weighted by atomic mass is 19.1. The Hall–Kier alpha value is -2.40. The fraction of sp³-hybridized carbons (Fsp3) is 0.409. The standard InChI is InChI=1S/C22H28FN3O/c1-17-12-19(8-9-21(17)23)13-25-22(24-2)26-11-10-20(14-26)16-27-15-18-6-4-3-5-7-18/h3-9,12,20H,10-11,13-16H2,1-2H3,(H,24,25). The van der Waals surface area contributed by atoms with Gasteiger partial charge in [-0.3, -0.25) is 4.99 Å². The Labute approximate surface area is 161 Å². The monoisotopic (exact) mass is 369 g/mol. The van der Waals surface area contributed by atoms with Gasteiger partial charge in [0, 0.05) is 32.6 Å². The number of aryl methyl sites for hydroxylation is 1. The second-order valence-electron chi connectivity index (χ2n) is 7.09. The summed E-state index contributed by atoms with van der Waals surface area (Å²) in [6, 6.07) is 15.5. The van der Waals surface area contributed by atoms with Crippen molar-refractivity contribution >= 4 is 5.96 Å². The molecular weight excluding hydrogens is 341 g/mol. The van der Waals surface area contributed by atoms with Gasteiger partial charge in [-0.2, -0.15) is 0 Å². The van der Waals surface area contributed by atoms with Crippen molar-refractivity contribution in [2.45, 2.75) is 26.5 Å². The first-order valence-electron chi connectivity index (χ1n) is 9.48. The van der Waals surface area contributed by atoms with Crippen molar-refractivity contribution in [1.29, 1.82) is 0 Å². The molecule has 1 aliphatic heterocycles. The van der Waals surface area contributed by atoms with Gasteiger partial charge in [0.05, 0.1) is 13.2 Å². The zero-order valence-corrected chi connectivity index (χ0v) is 16.1. The van der Waals surface area contributed by atoms with Crippen LogP contribution in [0.25, 0.3) is 0 Å². The van der Waals surface area contributed by atoms with Crippen LogP contribution in [0.5, 0.6) is 0 Å². The van der Waals surface area contributed by atoms with Crippen molar-refractivity contribution in [3.05, 3.63) is 71.0 Å². The predicted octanol–water partition coefficient (Wildman–Crippen LogP) is 3.75. The predicted molar refractivity (Wildman–Crippen MR) is 107 cm³/mol. The van der Waals surface area contributed by atoms with E-state index in [0.717, 1.165) is 37.6 Å². The fourth-order valence-corrected chi connectivity index (χ4v) is 3.41. The molecule has 1 saturated heterocycles. The molecule has 2 aromatic carbocycles. The summed E-state index contributed by atoms with van der Waals surface area (Å²) >= 11 is 0. The highest BCUT2D eigenvalue weighted by molar-refractivity contribution is 5.80. The van der Waals surface area contributed by atoms with Crippen LogP contribution in [0.3, 0.4) is 0 Å². The third kappa shape index (κ3) is 5.54. The number of guanidine groups is 1. The molecule has 0 spiro atoms. The quantitative estimate of drug-likeness (QED) is 0.622. The van der Waals surface area contributed by atoms with Crippen LogP contribution in [-0.2, 0) is 17.9 Å². The molecule has 3 rings (SSSR count). The second kappa shape index (κ2) is 9.51. The van der Waals surface area contributed by atoms with Gasteiger partial charge in [0.25, 0.3) is 0 Å². The lowest BCUT2D eigenvalue weighted by atomic mass is 10.1. The zero-order chi connectivity index (χ0) is 19.1. The Kier molecular flexibility index (Phi) is 6.82. The first kappa shape index (κ1) is 19.4. The first-order chi connectivity index (χ1) is 13.2. The maximum absolute atomic E-state index is 13.4. The fourth-order valence-electron chi connectivity index (χ4n) is 3.41. The summed E-state index contributed by atoms with van der Waals surface area (Å²) in [5, 5.41) is 3.39. The molecule has 0 aliphatic carbocycles. The molecule has 0 radical (unpaired) electrons. The minimum Gasteiger partial charge on any atom is -0.376 e. The van der Waals surface area contributed by atoms with E-state index in [1.54, 1.807) is 14.0 Å². The molecule has 1 unspecified atom stereocenters. The topological polar surface area (TPSA) is 36.9 Å². The van der Waals surface area contributed by atoms with E-state index in [2.05, 4.69) is 27.3 Å². The number of ether oxygens (including phenoxy) is 1. The molecule has 1 heterocycles. The van der Waals surface area contributed by atoms with Gasteiger partial charge in [-0.15, -0.1) is 0 Å². The molecule has 1 fully saturated rings. The maximum Gasteiger partial charge on any atom is 0.193 e. The van der Waals surface area contributed by atoms with Gasteiger partial charge in [0.1, 0.15) is 5.82 Å². The van der Waals surface area contributed by atoms with Gasteiger partial charge in [-0.25, -0.2) is 4.39 Å². The number of nitrogens with one attached hydrogen (secondary N) is 1. The summed E-state index contributed by atoms with van der Waals surface area (Å²) in [6.07, 6.45) is 1.10. The van der Waals surface area contributed by atoms with E-state index >= 15 is 0 Å². The van der Waals surface area contributed by atoms with Crippen LogP contribution in [0.4, 0.5) is 4.39 Å².